The van der Waals surface area contributed by atoms with Crippen molar-refractivity contribution < 1.29 is 14.7 Å². The largest absolute Gasteiger partial charge is 0.478 e. The van der Waals surface area contributed by atoms with Gasteiger partial charge in [0.05, 0.1) is 17.5 Å². The zero-order chi connectivity index (χ0) is 19.2. The second-order valence-corrected chi connectivity index (χ2v) is 6.37. The third kappa shape index (κ3) is 4.74. The maximum Gasteiger partial charge on any atom is 0.335 e. The lowest BCUT2D eigenvalue weighted by Crippen LogP contribution is -2.30. The van der Waals surface area contributed by atoms with E-state index < -0.39 is 5.97 Å². The molecule has 7 heteroatoms. The molecule has 1 amide bonds. The molecule has 138 valence electrons. The van der Waals surface area contributed by atoms with Gasteiger partial charge in [-0.05, 0) is 35.9 Å². The number of carboxylic acids is 1. The van der Waals surface area contributed by atoms with E-state index in [1.54, 1.807) is 36.5 Å². The minimum Gasteiger partial charge on any atom is -0.478 e. The van der Waals surface area contributed by atoms with Crippen LogP contribution in [0.25, 0.3) is 10.9 Å². The number of rotatable bonds is 7. The monoisotopic (exact) mass is 383 g/mol. The van der Waals surface area contributed by atoms with E-state index in [1.807, 2.05) is 12.1 Å². The van der Waals surface area contributed by atoms with Gasteiger partial charge in [-0.3, -0.25) is 9.78 Å². The molecule has 1 aromatic heterocycles. The molecule has 0 aliphatic carbocycles. The van der Waals surface area contributed by atoms with Crippen LogP contribution in [0.5, 0.6) is 0 Å². The predicted molar refractivity (Wildman–Crippen MR) is 105 cm³/mol. The van der Waals surface area contributed by atoms with Gasteiger partial charge in [-0.15, -0.1) is 0 Å². The second kappa shape index (κ2) is 8.51. The summed E-state index contributed by atoms with van der Waals surface area (Å²) in [6, 6.07) is 13.9. The number of anilines is 1. The molecule has 0 bridgehead atoms. The number of carbonyl (C=O) groups is 2. The Morgan fingerprint density at radius 3 is 2.70 bits per heavy atom. The van der Waals surface area contributed by atoms with Crippen LogP contribution < -0.4 is 10.6 Å². The second-order valence-electron chi connectivity index (χ2n) is 5.94. The highest BCUT2D eigenvalue weighted by molar-refractivity contribution is 6.31. The average Bonchev–Trinajstić information content (AvgIpc) is 2.65. The lowest BCUT2D eigenvalue weighted by molar-refractivity contribution is -0.120. The third-order valence-corrected chi connectivity index (χ3v) is 4.30. The van der Waals surface area contributed by atoms with E-state index in [0.29, 0.717) is 23.7 Å². The van der Waals surface area contributed by atoms with E-state index in [-0.39, 0.29) is 17.9 Å². The van der Waals surface area contributed by atoms with Gasteiger partial charge in [-0.2, -0.15) is 0 Å². The van der Waals surface area contributed by atoms with Gasteiger partial charge in [-0.1, -0.05) is 29.8 Å². The summed E-state index contributed by atoms with van der Waals surface area (Å²) in [5, 5.41) is 16.8. The van der Waals surface area contributed by atoms with Crippen molar-refractivity contribution in [3.8, 4) is 0 Å². The highest BCUT2D eigenvalue weighted by Crippen LogP contribution is 2.24. The molecule has 27 heavy (non-hydrogen) atoms. The number of pyridine rings is 1. The Hall–Kier alpha value is -3.12. The van der Waals surface area contributed by atoms with Crippen molar-refractivity contribution in [1.82, 2.24) is 10.3 Å². The highest BCUT2D eigenvalue weighted by atomic mass is 35.5. The summed E-state index contributed by atoms with van der Waals surface area (Å²) in [5.74, 6) is -1.26. The number of aromatic carboxylic acids is 1. The highest BCUT2D eigenvalue weighted by Gasteiger charge is 2.12. The summed E-state index contributed by atoms with van der Waals surface area (Å²) < 4.78 is 0. The number of hydrogen-bond acceptors (Lipinski definition) is 4. The molecule has 0 fully saturated rings. The summed E-state index contributed by atoms with van der Waals surface area (Å²) in [7, 11) is 0. The van der Waals surface area contributed by atoms with Crippen LogP contribution in [0.2, 0.25) is 5.02 Å². The van der Waals surface area contributed by atoms with E-state index in [2.05, 4.69) is 15.6 Å². The van der Waals surface area contributed by atoms with E-state index in [9.17, 15) is 9.59 Å². The van der Waals surface area contributed by atoms with Crippen LogP contribution in [-0.4, -0.2) is 35.1 Å². The summed E-state index contributed by atoms with van der Waals surface area (Å²) in [5.41, 5.74) is 2.34. The van der Waals surface area contributed by atoms with Gasteiger partial charge in [0.1, 0.15) is 0 Å². The summed E-state index contributed by atoms with van der Waals surface area (Å²) in [4.78, 5) is 27.6. The fourth-order valence-corrected chi connectivity index (χ4v) is 2.96. The van der Waals surface area contributed by atoms with Gasteiger partial charge in [0, 0.05) is 35.4 Å². The maximum absolute atomic E-state index is 12.1. The first-order chi connectivity index (χ1) is 13.0. The molecule has 3 rings (SSSR count). The minimum atomic E-state index is -1.04. The number of carbonyl (C=O) groups excluding carboxylic acids is 1. The smallest absolute Gasteiger partial charge is 0.335 e. The Balaban J connectivity index is 1.54. The number of fused-ring (bicyclic) bond motifs is 1. The van der Waals surface area contributed by atoms with Crippen LogP contribution in [0.4, 0.5) is 5.69 Å². The summed E-state index contributed by atoms with van der Waals surface area (Å²) in [6.45, 7) is 0.930. The Labute approximate surface area is 161 Å². The fraction of sp³-hybridized carbons (Fsp3) is 0.150. The number of carboxylic acid groups (broad SMARTS) is 1. The SMILES string of the molecule is O=C(Cc1ccccc1C(=O)O)NCCNc1ccnc2cc(Cl)ccc12. The Bertz CT molecular complexity index is 991. The zero-order valence-electron chi connectivity index (χ0n) is 14.4. The van der Waals surface area contributed by atoms with Gasteiger partial charge >= 0.3 is 5.97 Å². The average molecular weight is 384 g/mol. The molecule has 0 atom stereocenters. The normalized spacial score (nSPS) is 10.6. The van der Waals surface area contributed by atoms with Crippen LogP contribution in [0.3, 0.4) is 0 Å². The number of benzene rings is 2. The zero-order valence-corrected chi connectivity index (χ0v) is 15.2. The first kappa shape index (κ1) is 18.7. The number of halogens is 1. The van der Waals surface area contributed by atoms with Crippen LogP contribution >= 0.6 is 11.6 Å². The molecule has 0 aliphatic rings. The first-order valence-electron chi connectivity index (χ1n) is 8.40. The van der Waals surface area contributed by atoms with Crippen molar-refractivity contribution in [2.45, 2.75) is 6.42 Å². The third-order valence-electron chi connectivity index (χ3n) is 4.07. The van der Waals surface area contributed by atoms with Crippen molar-refractivity contribution >= 4 is 40.1 Å². The molecular weight excluding hydrogens is 366 g/mol. The number of aromatic nitrogens is 1. The summed E-state index contributed by atoms with van der Waals surface area (Å²) in [6.07, 6.45) is 1.72. The lowest BCUT2D eigenvalue weighted by Gasteiger charge is -2.11. The molecule has 2 aromatic carbocycles. The van der Waals surface area contributed by atoms with Crippen LogP contribution in [0, 0.1) is 0 Å². The first-order valence-corrected chi connectivity index (χ1v) is 8.78. The van der Waals surface area contributed by atoms with Gasteiger partial charge in [0.2, 0.25) is 5.91 Å². The molecule has 0 saturated heterocycles. The quantitative estimate of drug-likeness (QED) is 0.544. The predicted octanol–water partition coefficient (Wildman–Crippen LogP) is 3.36. The van der Waals surface area contributed by atoms with Gasteiger partial charge in [0.15, 0.2) is 0 Å². The van der Waals surface area contributed by atoms with Crippen LogP contribution in [0.15, 0.2) is 54.7 Å². The molecule has 0 aliphatic heterocycles. The maximum atomic E-state index is 12.1. The van der Waals surface area contributed by atoms with Gasteiger partial charge in [-0.25, -0.2) is 4.79 Å². The van der Waals surface area contributed by atoms with E-state index in [0.717, 1.165) is 16.6 Å². The molecule has 0 spiro atoms. The van der Waals surface area contributed by atoms with E-state index >= 15 is 0 Å². The lowest BCUT2D eigenvalue weighted by atomic mass is 10.0. The van der Waals surface area contributed by atoms with Crippen molar-refractivity contribution in [2.24, 2.45) is 0 Å². The van der Waals surface area contributed by atoms with E-state index in [1.165, 1.54) is 6.07 Å². The van der Waals surface area contributed by atoms with Crippen LogP contribution in [0.1, 0.15) is 15.9 Å². The van der Waals surface area contributed by atoms with Gasteiger partial charge < -0.3 is 15.7 Å². The van der Waals surface area contributed by atoms with Crippen molar-refractivity contribution in [1.29, 1.82) is 0 Å². The molecule has 3 N–H and O–H groups in total. The molecule has 0 unspecified atom stereocenters. The molecular formula is C20H18ClN3O3. The number of nitrogens with one attached hydrogen (secondary N) is 2. The molecule has 1 heterocycles. The number of amides is 1. The molecule has 0 radical (unpaired) electrons. The van der Waals surface area contributed by atoms with Crippen LogP contribution in [-0.2, 0) is 11.2 Å². The number of hydrogen-bond donors (Lipinski definition) is 3. The molecule has 0 saturated carbocycles. The topological polar surface area (TPSA) is 91.3 Å². The fourth-order valence-electron chi connectivity index (χ4n) is 2.79. The van der Waals surface area contributed by atoms with Crippen molar-refractivity contribution in [2.75, 3.05) is 18.4 Å². The van der Waals surface area contributed by atoms with E-state index in [4.69, 9.17) is 16.7 Å². The minimum absolute atomic E-state index is 0.0269. The molecule has 3 aromatic rings. The molecule has 6 nitrogen and oxygen atoms in total. The Morgan fingerprint density at radius 1 is 1.07 bits per heavy atom. The van der Waals surface area contributed by atoms with Crippen molar-refractivity contribution in [3.05, 3.63) is 70.9 Å². The van der Waals surface area contributed by atoms with Crippen molar-refractivity contribution in [3.63, 3.8) is 0 Å². The Kier molecular flexibility index (Phi) is 5.88. The van der Waals surface area contributed by atoms with Gasteiger partial charge in [0.25, 0.3) is 0 Å². The Morgan fingerprint density at radius 2 is 1.89 bits per heavy atom. The summed E-state index contributed by atoms with van der Waals surface area (Å²) >= 11 is 5.99. The number of nitrogens with zero attached hydrogens (tertiary/aromatic N) is 1. The standard InChI is InChI=1S/C20H18ClN3O3/c21-14-5-6-16-17(7-8-22-18(16)12-14)23-9-10-24-19(25)11-13-3-1-2-4-15(13)20(26)27/h1-8,12H,9-11H2,(H,22,23)(H,24,25)(H,26,27).